The highest BCUT2D eigenvalue weighted by Gasteiger charge is 2.32. The van der Waals surface area contributed by atoms with Gasteiger partial charge in [-0.05, 0) is 76.1 Å². The van der Waals surface area contributed by atoms with E-state index in [2.05, 4.69) is 32.0 Å². The summed E-state index contributed by atoms with van der Waals surface area (Å²) in [5.41, 5.74) is 5.40. The molecule has 2 saturated carbocycles. The van der Waals surface area contributed by atoms with Crippen LogP contribution in [0.25, 0.3) is 0 Å². The number of allylic oxidation sites excluding steroid dienone is 2. The molecule has 1 heteroatoms. The van der Waals surface area contributed by atoms with E-state index in [1.54, 1.807) is 5.57 Å². The van der Waals surface area contributed by atoms with Gasteiger partial charge in [0.2, 0.25) is 0 Å². The van der Waals surface area contributed by atoms with E-state index in [0.717, 1.165) is 11.8 Å². The van der Waals surface area contributed by atoms with Gasteiger partial charge in [-0.3, -0.25) is 0 Å². The second kappa shape index (κ2) is 7.34. The monoisotopic (exact) mass is 301 g/mol. The quantitative estimate of drug-likeness (QED) is 0.641. The Morgan fingerprint density at radius 2 is 1.41 bits per heavy atom. The first-order chi connectivity index (χ1) is 10.7. The molecule has 3 rings (SSSR count). The van der Waals surface area contributed by atoms with Crippen molar-refractivity contribution < 1.29 is 0 Å². The number of rotatable bonds is 4. The normalized spacial score (nSPS) is 26.6. The van der Waals surface area contributed by atoms with Crippen LogP contribution < -0.4 is 0 Å². The van der Waals surface area contributed by atoms with Gasteiger partial charge in [0.25, 0.3) is 0 Å². The Morgan fingerprint density at radius 1 is 0.864 bits per heavy atom. The van der Waals surface area contributed by atoms with E-state index in [1.807, 2.05) is 11.1 Å². The van der Waals surface area contributed by atoms with Crippen molar-refractivity contribution in [3.63, 3.8) is 0 Å². The first-order valence-electron chi connectivity index (χ1n) is 9.78. The zero-order valence-corrected chi connectivity index (χ0v) is 15.0. The highest BCUT2D eigenvalue weighted by atomic mass is 15.1. The Bertz CT molecular complexity index is 431. The van der Waals surface area contributed by atoms with Gasteiger partial charge in [0, 0.05) is 6.04 Å². The minimum absolute atomic E-state index is 0.581. The van der Waals surface area contributed by atoms with Gasteiger partial charge in [-0.15, -0.1) is 0 Å². The van der Waals surface area contributed by atoms with E-state index in [-0.39, 0.29) is 0 Å². The Hall–Kier alpha value is -0.560. The Kier molecular flexibility index (Phi) is 5.44. The molecule has 124 valence electrons. The number of likely N-dealkylation sites (N-methyl/N-ethyl adjacent to an activating group) is 1. The molecule has 0 aromatic carbocycles. The van der Waals surface area contributed by atoms with Crippen molar-refractivity contribution in [1.29, 1.82) is 0 Å². The summed E-state index contributed by atoms with van der Waals surface area (Å²) in [5, 5.41) is 0. The summed E-state index contributed by atoms with van der Waals surface area (Å²) in [6.45, 7) is 2.40. The highest BCUT2D eigenvalue weighted by Crippen LogP contribution is 2.46. The number of hydrogen-bond acceptors (Lipinski definition) is 1. The Balaban J connectivity index is 1.88. The fourth-order valence-corrected chi connectivity index (χ4v) is 5.03. The smallest absolute Gasteiger partial charge is 0.0313 e. The molecule has 2 fully saturated rings. The minimum Gasteiger partial charge on any atom is -0.303 e. The third-order valence-corrected chi connectivity index (χ3v) is 6.53. The van der Waals surface area contributed by atoms with Crippen LogP contribution in [0.3, 0.4) is 0 Å². The van der Waals surface area contributed by atoms with Crippen LogP contribution in [-0.2, 0) is 0 Å². The summed E-state index contributed by atoms with van der Waals surface area (Å²) in [7, 11) is 4.48. The molecule has 0 aliphatic heterocycles. The number of nitrogens with zero attached hydrogens (tertiary/aromatic N) is 1. The maximum absolute atomic E-state index is 2.60. The molecule has 0 N–H and O–H groups in total. The van der Waals surface area contributed by atoms with E-state index in [9.17, 15) is 0 Å². The molecule has 0 aromatic heterocycles. The van der Waals surface area contributed by atoms with Crippen molar-refractivity contribution in [2.75, 3.05) is 14.1 Å². The van der Waals surface area contributed by atoms with E-state index >= 15 is 0 Å². The van der Waals surface area contributed by atoms with Crippen LogP contribution in [0.2, 0.25) is 0 Å². The largest absolute Gasteiger partial charge is 0.303 e. The summed E-state index contributed by atoms with van der Waals surface area (Å²) in [6, 6.07) is 0.581. The van der Waals surface area contributed by atoms with Gasteiger partial charge in [0.1, 0.15) is 0 Å². The summed E-state index contributed by atoms with van der Waals surface area (Å²) in [6.07, 6.45) is 18.4. The summed E-state index contributed by atoms with van der Waals surface area (Å²) < 4.78 is 0. The first kappa shape index (κ1) is 16.3. The van der Waals surface area contributed by atoms with Crippen molar-refractivity contribution >= 4 is 0 Å². The lowest BCUT2D eigenvalue weighted by atomic mass is 9.74. The van der Waals surface area contributed by atoms with Gasteiger partial charge in [0.15, 0.2) is 0 Å². The molecule has 0 amide bonds. The average molecular weight is 302 g/mol. The second-order valence-electron chi connectivity index (χ2n) is 8.11. The molecule has 0 heterocycles. The van der Waals surface area contributed by atoms with Crippen LogP contribution in [0.15, 0.2) is 22.8 Å². The van der Waals surface area contributed by atoms with E-state index in [0.29, 0.717) is 6.04 Å². The average Bonchev–Trinajstić information content (AvgIpc) is 3.00. The van der Waals surface area contributed by atoms with Crippen LogP contribution in [-0.4, -0.2) is 25.0 Å². The fraction of sp³-hybridized carbons (Fsp3) is 0.810. The molecule has 1 unspecified atom stereocenters. The van der Waals surface area contributed by atoms with Crippen LogP contribution in [0.1, 0.15) is 77.6 Å². The molecule has 0 bridgehead atoms. The predicted octanol–water partition coefficient (Wildman–Crippen LogP) is 5.72. The highest BCUT2D eigenvalue weighted by molar-refractivity contribution is 5.47. The maximum Gasteiger partial charge on any atom is 0.0313 e. The zero-order valence-electron chi connectivity index (χ0n) is 15.0. The van der Waals surface area contributed by atoms with Crippen LogP contribution in [0, 0.1) is 11.8 Å². The molecule has 0 spiro atoms. The van der Waals surface area contributed by atoms with Crippen molar-refractivity contribution in [1.82, 2.24) is 4.90 Å². The molecule has 0 aromatic rings. The lowest BCUT2D eigenvalue weighted by Gasteiger charge is -2.33. The molecule has 0 saturated heterocycles. The van der Waals surface area contributed by atoms with Crippen molar-refractivity contribution in [3.8, 4) is 0 Å². The van der Waals surface area contributed by atoms with E-state index < -0.39 is 0 Å². The van der Waals surface area contributed by atoms with Crippen LogP contribution in [0.5, 0.6) is 0 Å². The van der Waals surface area contributed by atoms with Gasteiger partial charge >= 0.3 is 0 Å². The second-order valence-corrected chi connectivity index (χ2v) is 8.11. The van der Waals surface area contributed by atoms with Gasteiger partial charge in [-0.25, -0.2) is 0 Å². The summed E-state index contributed by atoms with van der Waals surface area (Å²) >= 11 is 0. The maximum atomic E-state index is 2.60. The van der Waals surface area contributed by atoms with E-state index in [4.69, 9.17) is 0 Å². The van der Waals surface area contributed by atoms with Crippen molar-refractivity contribution in [2.24, 2.45) is 11.8 Å². The summed E-state index contributed by atoms with van der Waals surface area (Å²) in [4.78, 5) is 2.40. The molecule has 3 aliphatic rings. The van der Waals surface area contributed by atoms with Gasteiger partial charge in [0.05, 0.1) is 0 Å². The molecule has 3 aliphatic carbocycles. The Labute approximate surface area is 137 Å². The molecular formula is C21H35N. The SMILES string of the molecule is CC(C1=CCC(C2CCCCC2)=C1C1CCCCC1)N(C)C. The van der Waals surface area contributed by atoms with E-state index in [1.165, 1.54) is 70.6 Å². The predicted molar refractivity (Wildman–Crippen MR) is 96.0 cm³/mol. The minimum atomic E-state index is 0.581. The van der Waals surface area contributed by atoms with Crippen molar-refractivity contribution in [3.05, 3.63) is 22.8 Å². The van der Waals surface area contributed by atoms with Crippen LogP contribution in [0.4, 0.5) is 0 Å². The standard InChI is InChI=1S/C21H35N/c1-16(22(2)3)19-14-15-20(17-10-6-4-7-11-17)21(19)18-12-8-5-9-13-18/h14,16-18H,4-13,15H2,1-3H3. The summed E-state index contributed by atoms with van der Waals surface area (Å²) in [5.74, 6) is 1.79. The molecule has 0 radical (unpaired) electrons. The van der Waals surface area contributed by atoms with Gasteiger partial charge < -0.3 is 4.90 Å². The Morgan fingerprint density at radius 3 is 1.95 bits per heavy atom. The number of hydrogen-bond donors (Lipinski definition) is 0. The molecule has 1 nitrogen and oxygen atoms in total. The van der Waals surface area contributed by atoms with Gasteiger partial charge in [-0.2, -0.15) is 0 Å². The van der Waals surface area contributed by atoms with Crippen molar-refractivity contribution in [2.45, 2.75) is 83.6 Å². The third-order valence-electron chi connectivity index (χ3n) is 6.53. The molecule has 22 heavy (non-hydrogen) atoms. The first-order valence-corrected chi connectivity index (χ1v) is 9.78. The molecular weight excluding hydrogens is 266 g/mol. The zero-order chi connectivity index (χ0) is 15.5. The van der Waals surface area contributed by atoms with Crippen LogP contribution >= 0.6 is 0 Å². The van der Waals surface area contributed by atoms with Gasteiger partial charge in [-0.1, -0.05) is 50.2 Å². The lowest BCUT2D eigenvalue weighted by molar-refractivity contribution is 0.338. The lowest BCUT2D eigenvalue weighted by Crippen LogP contribution is -2.29. The molecule has 1 atom stereocenters. The fourth-order valence-electron chi connectivity index (χ4n) is 5.03. The third kappa shape index (κ3) is 3.35. The topological polar surface area (TPSA) is 3.24 Å².